The standard InChI is InChI=1S/C19H16ClFN2O2S/c1-24-14-7-3-12(4-8-14)11-16-17(20)22-19(26-2)23-18(16)25-15-9-5-13(21)6-10-15/h3-10H,11H2,1-2H3. The summed E-state index contributed by atoms with van der Waals surface area (Å²) in [6.07, 6.45) is 2.35. The van der Waals surface area contributed by atoms with Crippen molar-refractivity contribution in [3.8, 4) is 17.4 Å². The minimum atomic E-state index is -0.332. The number of benzene rings is 2. The Hall–Kier alpha value is -2.31. The Morgan fingerprint density at radius 1 is 1.00 bits per heavy atom. The van der Waals surface area contributed by atoms with Crippen LogP contribution in [-0.4, -0.2) is 23.3 Å². The number of thioether (sulfide) groups is 1. The minimum absolute atomic E-state index is 0.331. The molecular formula is C19H16ClFN2O2S. The summed E-state index contributed by atoms with van der Waals surface area (Å²) in [6, 6.07) is 13.4. The summed E-state index contributed by atoms with van der Waals surface area (Å²) in [6.45, 7) is 0. The fourth-order valence-corrected chi connectivity index (χ4v) is 2.94. The van der Waals surface area contributed by atoms with Gasteiger partial charge in [0.2, 0.25) is 5.88 Å². The first-order valence-electron chi connectivity index (χ1n) is 7.76. The summed E-state index contributed by atoms with van der Waals surface area (Å²) in [5.41, 5.74) is 1.68. The number of halogens is 2. The highest BCUT2D eigenvalue weighted by Crippen LogP contribution is 2.32. The van der Waals surface area contributed by atoms with E-state index in [9.17, 15) is 4.39 Å². The van der Waals surface area contributed by atoms with Gasteiger partial charge in [-0.2, -0.15) is 4.98 Å². The van der Waals surface area contributed by atoms with E-state index in [2.05, 4.69) is 9.97 Å². The molecule has 1 aromatic heterocycles. The van der Waals surface area contributed by atoms with Gasteiger partial charge in [0.05, 0.1) is 12.7 Å². The van der Waals surface area contributed by atoms with Crippen molar-refractivity contribution in [1.82, 2.24) is 9.97 Å². The van der Waals surface area contributed by atoms with Crippen molar-refractivity contribution in [2.24, 2.45) is 0 Å². The third kappa shape index (κ3) is 4.45. The topological polar surface area (TPSA) is 44.2 Å². The Morgan fingerprint density at radius 2 is 1.65 bits per heavy atom. The van der Waals surface area contributed by atoms with Gasteiger partial charge in [-0.3, -0.25) is 0 Å². The molecule has 0 aliphatic heterocycles. The van der Waals surface area contributed by atoms with Crippen molar-refractivity contribution in [2.45, 2.75) is 11.6 Å². The molecule has 0 aliphatic rings. The van der Waals surface area contributed by atoms with Crippen LogP contribution in [0.25, 0.3) is 0 Å². The molecule has 3 rings (SSSR count). The van der Waals surface area contributed by atoms with Crippen LogP contribution in [0.4, 0.5) is 4.39 Å². The van der Waals surface area contributed by atoms with Crippen molar-refractivity contribution < 1.29 is 13.9 Å². The highest BCUT2D eigenvalue weighted by molar-refractivity contribution is 7.98. The smallest absolute Gasteiger partial charge is 0.228 e. The second kappa shape index (κ2) is 8.38. The molecule has 0 saturated carbocycles. The number of hydrogen-bond donors (Lipinski definition) is 0. The maximum absolute atomic E-state index is 13.1. The molecule has 0 fully saturated rings. The van der Waals surface area contributed by atoms with Crippen LogP contribution in [0.2, 0.25) is 5.15 Å². The van der Waals surface area contributed by atoms with E-state index in [1.165, 1.54) is 23.9 Å². The van der Waals surface area contributed by atoms with E-state index in [0.717, 1.165) is 11.3 Å². The van der Waals surface area contributed by atoms with Gasteiger partial charge in [0, 0.05) is 6.42 Å². The second-order valence-electron chi connectivity index (χ2n) is 5.37. The predicted octanol–water partition coefficient (Wildman–Crippen LogP) is 5.38. The molecule has 0 atom stereocenters. The zero-order valence-corrected chi connectivity index (χ0v) is 15.8. The normalized spacial score (nSPS) is 10.6. The molecular weight excluding hydrogens is 375 g/mol. The van der Waals surface area contributed by atoms with Gasteiger partial charge in [-0.15, -0.1) is 0 Å². The molecule has 0 spiro atoms. The Balaban J connectivity index is 1.95. The largest absolute Gasteiger partial charge is 0.497 e. The van der Waals surface area contributed by atoms with Gasteiger partial charge < -0.3 is 9.47 Å². The van der Waals surface area contributed by atoms with Crippen molar-refractivity contribution in [1.29, 1.82) is 0 Å². The average Bonchev–Trinajstić information content (AvgIpc) is 2.66. The SMILES string of the molecule is COc1ccc(Cc2c(Cl)nc(SC)nc2Oc2ccc(F)cc2)cc1. The summed E-state index contributed by atoms with van der Waals surface area (Å²) in [4.78, 5) is 8.72. The molecule has 3 aromatic rings. The molecule has 26 heavy (non-hydrogen) atoms. The fourth-order valence-electron chi connectivity index (χ4n) is 2.31. The second-order valence-corrected chi connectivity index (χ2v) is 6.50. The van der Waals surface area contributed by atoms with Crippen LogP contribution in [0.1, 0.15) is 11.1 Å². The van der Waals surface area contributed by atoms with Crippen LogP contribution in [-0.2, 0) is 6.42 Å². The summed E-state index contributed by atoms with van der Waals surface area (Å²) in [5.74, 6) is 1.28. The van der Waals surface area contributed by atoms with E-state index >= 15 is 0 Å². The van der Waals surface area contributed by atoms with Gasteiger partial charge >= 0.3 is 0 Å². The van der Waals surface area contributed by atoms with Gasteiger partial charge in [0.25, 0.3) is 0 Å². The molecule has 2 aromatic carbocycles. The Kier molecular flexibility index (Phi) is 5.96. The number of hydrogen-bond acceptors (Lipinski definition) is 5. The van der Waals surface area contributed by atoms with Gasteiger partial charge in [0.15, 0.2) is 5.16 Å². The van der Waals surface area contributed by atoms with Gasteiger partial charge in [-0.1, -0.05) is 35.5 Å². The van der Waals surface area contributed by atoms with Crippen LogP contribution in [0.15, 0.2) is 53.7 Å². The first-order valence-corrected chi connectivity index (χ1v) is 9.36. The van der Waals surface area contributed by atoms with Crippen molar-refractivity contribution in [2.75, 3.05) is 13.4 Å². The predicted molar refractivity (Wildman–Crippen MR) is 101 cm³/mol. The molecule has 0 radical (unpaired) electrons. The number of methoxy groups -OCH3 is 1. The first-order chi connectivity index (χ1) is 12.6. The molecule has 0 aliphatic carbocycles. The van der Waals surface area contributed by atoms with Gasteiger partial charge in [-0.05, 0) is 48.2 Å². The van der Waals surface area contributed by atoms with Crippen LogP contribution in [0.5, 0.6) is 17.4 Å². The molecule has 0 saturated heterocycles. The Labute approximate surface area is 160 Å². The zero-order chi connectivity index (χ0) is 18.5. The van der Waals surface area contributed by atoms with E-state index in [1.54, 1.807) is 19.2 Å². The highest BCUT2D eigenvalue weighted by atomic mass is 35.5. The molecule has 0 unspecified atom stereocenters. The zero-order valence-electron chi connectivity index (χ0n) is 14.2. The van der Waals surface area contributed by atoms with E-state index < -0.39 is 0 Å². The molecule has 134 valence electrons. The summed E-state index contributed by atoms with van der Waals surface area (Å²) in [7, 11) is 1.62. The lowest BCUT2D eigenvalue weighted by molar-refractivity contribution is 0.414. The van der Waals surface area contributed by atoms with E-state index in [1.807, 2.05) is 30.5 Å². The summed E-state index contributed by atoms with van der Waals surface area (Å²) < 4.78 is 24.2. The maximum Gasteiger partial charge on any atom is 0.228 e. The first kappa shape index (κ1) is 18.5. The van der Waals surface area contributed by atoms with E-state index in [4.69, 9.17) is 21.1 Å². The molecule has 0 amide bonds. The molecule has 1 heterocycles. The maximum atomic E-state index is 13.1. The molecule has 4 nitrogen and oxygen atoms in total. The lowest BCUT2D eigenvalue weighted by atomic mass is 10.1. The number of nitrogens with zero attached hydrogens (tertiary/aromatic N) is 2. The fraction of sp³-hybridized carbons (Fsp3) is 0.158. The minimum Gasteiger partial charge on any atom is -0.497 e. The van der Waals surface area contributed by atoms with E-state index in [-0.39, 0.29) is 5.82 Å². The quantitative estimate of drug-likeness (QED) is 0.321. The lowest BCUT2D eigenvalue weighted by Crippen LogP contribution is -2.01. The highest BCUT2D eigenvalue weighted by Gasteiger charge is 2.16. The molecule has 0 N–H and O–H groups in total. The number of ether oxygens (including phenoxy) is 2. The van der Waals surface area contributed by atoms with Crippen molar-refractivity contribution in [3.05, 3.63) is 70.6 Å². The van der Waals surface area contributed by atoms with Gasteiger partial charge in [0.1, 0.15) is 22.5 Å². The third-order valence-corrected chi connectivity index (χ3v) is 4.51. The third-order valence-electron chi connectivity index (χ3n) is 3.65. The van der Waals surface area contributed by atoms with Crippen molar-refractivity contribution >= 4 is 23.4 Å². The van der Waals surface area contributed by atoms with E-state index in [0.29, 0.717) is 33.9 Å². The molecule has 7 heteroatoms. The number of aromatic nitrogens is 2. The monoisotopic (exact) mass is 390 g/mol. The Morgan fingerprint density at radius 3 is 2.27 bits per heavy atom. The van der Waals surface area contributed by atoms with Crippen LogP contribution >= 0.6 is 23.4 Å². The van der Waals surface area contributed by atoms with Crippen LogP contribution in [0.3, 0.4) is 0 Å². The molecule has 0 bridgehead atoms. The van der Waals surface area contributed by atoms with Crippen LogP contribution in [0, 0.1) is 5.82 Å². The number of rotatable bonds is 6. The van der Waals surface area contributed by atoms with Crippen molar-refractivity contribution in [3.63, 3.8) is 0 Å². The summed E-state index contributed by atoms with van der Waals surface area (Å²) >= 11 is 7.75. The Bertz CT molecular complexity index is 889. The average molecular weight is 391 g/mol. The van der Waals surface area contributed by atoms with Gasteiger partial charge in [-0.25, -0.2) is 9.37 Å². The van der Waals surface area contributed by atoms with Crippen LogP contribution < -0.4 is 9.47 Å². The lowest BCUT2D eigenvalue weighted by Gasteiger charge is -2.13. The summed E-state index contributed by atoms with van der Waals surface area (Å²) in [5, 5.41) is 0.836.